The van der Waals surface area contributed by atoms with Crippen LogP contribution < -0.4 is 5.32 Å². The molecule has 0 amide bonds. The van der Waals surface area contributed by atoms with Crippen molar-refractivity contribution in [2.75, 3.05) is 19.7 Å². The maximum atomic E-state index is 5.89. The molecule has 1 atom stereocenters. The molecule has 1 fully saturated rings. The molecule has 0 spiro atoms. The van der Waals surface area contributed by atoms with Crippen LogP contribution in [0.2, 0.25) is 0 Å². The molecule has 0 bridgehead atoms. The van der Waals surface area contributed by atoms with Gasteiger partial charge in [0.05, 0.1) is 12.7 Å². The van der Waals surface area contributed by atoms with Crippen LogP contribution in [0.4, 0.5) is 0 Å². The number of fused-ring (bicyclic) bond motifs is 1. The summed E-state index contributed by atoms with van der Waals surface area (Å²) in [5.41, 5.74) is 3.93. The first kappa shape index (κ1) is 10.8. The highest BCUT2D eigenvalue weighted by molar-refractivity contribution is 5.85. The summed E-state index contributed by atoms with van der Waals surface area (Å²) in [7, 11) is 2.12. The summed E-state index contributed by atoms with van der Waals surface area (Å²) in [5, 5.41) is 4.72. The molecule has 3 heteroatoms. The molecule has 3 rings (SSSR count). The van der Waals surface area contributed by atoms with Gasteiger partial charge in [-0.15, -0.1) is 0 Å². The first-order valence-corrected chi connectivity index (χ1v) is 6.15. The second-order valence-corrected chi connectivity index (χ2v) is 4.64. The highest BCUT2D eigenvalue weighted by Crippen LogP contribution is 2.32. The monoisotopic (exact) mass is 230 g/mol. The van der Waals surface area contributed by atoms with E-state index in [9.17, 15) is 0 Å². The van der Waals surface area contributed by atoms with Gasteiger partial charge in [0.25, 0.3) is 0 Å². The lowest BCUT2D eigenvalue weighted by atomic mass is 10.0. The van der Waals surface area contributed by atoms with E-state index in [-0.39, 0.29) is 6.10 Å². The fraction of sp³-hybridized carbons (Fsp3) is 0.429. The summed E-state index contributed by atoms with van der Waals surface area (Å²) in [6, 6.07) is 8.55. The van der Waals surface area contributed by atoms with E-state index < -0.39 is 0 Å². The number of rotatable bonds is 1. The Balaban J connectivity index is 2.17. The Morgan fingerprint density at radius 1 is 1.35 bits per heavy atom. The van der Waals surface area contributed by atoms with Gasteiger partial charge in [-0.05, 0) is 13.0 Å². The molecule has 2 aromatic rings. The number of aryl methyl sites for hydroxylation is 1. The van der Waals surface area contributed by atoms with Gasteiger partial charge < -0.3 is 14.6 Å². The minimum atomic E-state index is 0.190. The number of nitrogens with zero attached hydrogens (tertiary/aromatic N) is 1. The van der Waals surface area contributed by atoms with Gasteiger partial charge in [-0.3, -0.25) is 0 Å². The van der Waals surface area contributed by atoms with Gasteiger partial charge in [0.15, 0.2) is 0 Å². The van der Waals surface area contributed by atoms with E-state index in [1.54, 1.807) is 0 Å². The lowest BCUT2D eigenvalue weighted by molar-refractivity contribution is 0.0281. The molecule has 0 saturated carbocycles. The Morgan fingerprint density at radius 2 is 2.18 bits per heavy atom. The minimum absolute atomic E-state index is 0.190. The number of hydrogen-bond acceptors (Lipinski definition) is 2. The van der Waals surface area contributed by atoms with E-state index in [4.69, 9.17) is 4.74 Å². The van der Waals surface area contributed by atoms with Crippen LogP contribution in [0.15, 0.2) is 24.3 Å². The van der Waals surface area contributed by atoms with E-state index >= 15 is 0 Å². The van der Waals surface area contributed by atoms with E-state index in [0.717, 1.165) is 19.7 Å². The second-order valence-electron chi connectivity index (χ2n) is 4.64. The minimum Gasteiger partial charge on any atom is -0.371 e. The van der Waals surface area contributed by atoms with Crippen molar-refractivity contribution in [2.24, 2.45) is 7.05 Å². The predicted octanol–water partition coefficient (Wildman–Crippen LogP) is 2.15. The van der Waals surface area contributed by atoms with Gasteiger partial charge in [-0.1, -0.05) is 18.2 Å². The van der Waals surface area contributed by atoms with Crippen molar-refractivity contribution >= 4 is 10.9 Å². The fourth-order valence-corrected chi connectivity index (χ4v) is 2.71. The van der Waals surface area contributed by atoms with Gasteiger partial charge in [-0.2, -0.15) is 0 Å². The summed E-state index contributed by atoms with van der Waals surface area (Å²) >= 11 is 0. The van der Waals surface area contributed by atoms with E-state index in [2.05, 4.69) is 48.1 Å². The Kier molecular flexibility index (Phi) is 2.65. The molecule has 2 heterocycles. The van der Waals surface area contributed by atoms with Crippen LogP contribution in [-0.4, -0.2) is 24.3 Å². The largest absolute Gasteiger partial charge is 0.371 e. The Hall–Kier alpha value is -1.32. The molecule has 0 radical (unpaired) electrons. The molecule has 1 aromatic carbocycles. The number of para-hydroxylation sites is 1. The maximum Gasteiger partial charge on any atom is 0.0973 e. The summed E-state index contributed by atoms with van der Waals surface area (Å²) in [6.07, 6.45) is 0.190. The normalized spacial score (nSPS) is 20.9. The molecule has 1 aliphatic rings. The van der Waals surface area contributed by atoms with Crippen LogP contribution in [0, 0.1) is 6.92 Å². The van der Waals surface area contributed by atoms with Crippen LogP contribution in [-0.2, 0) is 11.8 Å². The summed E-state index contributed by atoms with van der Waals surface area (Å²) in [4.78, 5) is 0. The van der Waals surface area contributed by atoms with Crippen molar-refractivity contribution in [3.05, 3.63) is 35.5 Å². The Bertz CT molecular complexity index is 538. The maximum absolute atomic E-state index is 5.89. The zero-order valence-corrected chi connectivity index (χ0v) is 10.4. The Morgan fingerprint density at radius 3 is 2.94 bits per heavy atom. The molecule has 1 aromatic heterocycles. The molecule has 1 unspecified atom stereocenters. The lowest BCUT2D eigenvalue weighted by Crippen LogP contribution is -2.33. The van der Waals surface area contributed by atoms with Gasteiger partial charge in [0, 0.05) is 42.3 Å². The van der Waals surface area contributed by atoms with Gasteiger partial charge in [0.2, 0.25) is 0 Å². The van der Waals surface area contributed by atoms with Crippen LogP contribution in [0.5, 0.6) is 0 Å². The summed E-state index contributed by atoms with van der Waals surface area (Å²) in [6.45, 7) is 4.84. The third kappa shape index (κ3) is 1.66. The zero-order valence-electron chi connectivity index (χ0n) is 10.4. The first-order valence-electron chi connectivity index (χ1n) is 6.15. The topological polar surface area (TPSA) is 26.2 Å². The smallest absolute Gasteiger partial charge is 0.0973 e. The summed E-state index contributed by atoms with van der Waals surface area (Å²) in [5.74, 6) is 0. The number of hydrogen-bond donors (Lipinski definition) is 1. The highest BCUT2D eigenvalue weighted by atomic mass is 16.5. The molecule has 90 valence electrons. The first-order chi connectivity index (χ1) is 8.29. The molecular formula is C14H18N2O. The number of benzene rings is 1. The number of nitrogens with one attached hydrogen (secondary N) is 1. The molecule has 1 saturated heterocycles. The van der Waals surface area contributed by atoms with Crippen molar-refractivity contribution < 1.29 is 4.74 Å². The predicted molar refractivity (Wildman–Crippen MR) is 69.2 cm³/mol. The molecular weight excluding hydrogens is 212 g/mol. The number of aromatic nitrogens is 1. The van der Waals surface area contributed by atoms with Crippen molar-refractivity contribution in [1.82, 2.24) is 9.88 Å². The quantitative estimate of drug-likeness (QED) is 0.812. The van der Waals surface area contributed by atoms with Gasteiger partial charge >= 0.3 is 0 Å². The van der Waals surface area contributed by atoms with Crippen molar-refractivity contribution in [3.63, 3.8) is 0 Å². The van der Waals surface area contributed by atoms with Crippen LogP contribution in [0.1, 0.15) is 17.4 Å². The third-order valence-corrected chi connectivity index (χ3v) is 3.70. The van der Waals surface area contributed by atoms with E-state index in [1.807, 2.05) is 0 Å². The van der Waals surface area contributed by atoms with E-state index in [1.165, 1.54) is 22.2 Å². The standard InChI is InChI=1S/C14H18N2O/c1-10-14(13-9-15-7-8-17-13)11-5-3-4-6-12(11)16(10)2/h3-6,13,15H,7-9H2,1-2H3. The summed E-state index contributed by atoms with van der Waals surface area (Å²) < 4.78 is 8.14. The van der Waals surface area contributed by atoms with Crippen LogP contribution >= 0.6 is 0 Å². The van der Waals surface area contributed by atoms with Crippen molar-refractivity contribution in [1.29, 1.82) is 0 Å². The fourth-order valence-electron chi connectivity index (χ4n) is 2.71. The van der Waals surface area contributed by atoms with Crippen LogP contribution in [0.25, 0.3) is 10.9 Å². The molecule has 1 aliphatic heterocycles. The SMILES string of the molecule is Cc1c(C2CNCCO2)c2ccccc2n1C. The zero-order chi connectivity index (χ0) is 11.8. The van der Waals surface area contributed by atoms with Gasteiger partial charge in [0.1, 0.15) is 0 Å². The average molecular weight is 230 g/mol. The molecule has 0 aliphatic carbocycles. The average Bonchev–Trinajstić information content (AvgIpc) is 2.64. The van der Waals surface area contributed by atoms with Crippen LogP contribution in [0.3, 0.4) is 0 Å². The third-order valence-electron chi connectivity index (χ3n) is 3.70. The van der Waals surface area contributed by atoms with E-state index in [0.29, 0.717) is 0 Å². The molecule has 17 heavy (non-hydrogen) atoms. The second kappa shape index (κ2) is 4.17. The molecule has 3 nitrogen and oxygen atoms in total. The number of morpholine rings is 1. The molecule has 1 N–H and O–H groups in total. The lowest BCUT2D eigenvalue weighted by Gasteiger charge is -2.24. The number of ether oxygens (including phenoxy) is 1. The van der Waals surface area contributed by atoms with Gasteiger partial charge in [-0.25, -0.2) is 0 Å². The highest BCUT2D eigenvalue weighted by Gasteiger charge is 2.22. The Labute approximate surface area is 101 Å². The van der Waals surface area contributed by atoms with Crippen molar-refractivity contribution in [2.45, 2.75) is 13.0 Å². The van der Waals surface area contributed by atoms with Crippen molar-refractivity contribution in [3.8, 4) is 0 Å².